The summed E-state index contributed by atoms with van der Waals surface area (Å²) in [6.45, 7) is 0.991. The van der Waals surface area contributed by atoms with Crippen LogP contribution < -0.4 is 14.2 Å². The van der Waals surface area contributed by atoms with Gasteiger partial charge in [0.1, 0.15) is 5.76 Å². The summed E-state index contributed by atoms with van der Waals surface area (Å²) in [6, 6.07) is 7.00. The lowest BCUT2D eigenvalue weighted by molar-refractivity contribution is -0.139. The van der Waals surface area contributed by atoms with Gasteiger partial charge < -0.3 is 34.2 Å². The third-order valence-electron chi connectivity index (χ3n) is 5.79. The van der Waals surface area contributed by atoms with Gasteiger partial charge in [-0.15, -0.1) is 0 Å². The van der Waals surface area contributed by atoms with Crippen LogP contribution in [-0.4, -0.2) is 80.2 Å². The zero-order valence-corrected chi connectivity index (χ0v) is 21.9. The van der Waals surface area contributed by atoms with Crippen molar-refractivity contribution in [3.05, 3.63) is 51.5 Å². The van der Waals surface area contributed by atoms with E-state index in [1.54, 1.807) is 24.3 Å². The minimum Gasteiger partial charge on any atom is -0.507 e. The molecule has 3 rings (SSSR count). The summed E-state index contributed by atoms with van der Waals surface area (Å²) >= 11 is 3.31. The predicted octanol–water partition coefficient (Wildman–Crippen LogP) is 3.55. The van der Waals surface area contributed by atoms with Gasteiger partial charge in [0.15, 0.2) is 23.0 Å². The number of methoxy groups -OCH3 is 3. The first-order chi connectivity index (χ1) is 16.6. The lowest BCUT2D eigenvalue weighted by Crippen LogP contribution is -2.32. The first-order valence-electron chi connectivity index (χ1n) is 10.9. The molecule has 1 aliphatic rings. The zero-order chi connectivity index (χ0) is 25.9. The maximum atomic E-state index is 13.2. The summed E-state index contributed by atoms with van der Waals surface area (Å²) in [4.78, 5) is 29.8. The van der Waals surface area contributed by atoms with Gasteiger partial charge in [-0.2, -0.15) is 0 Å². The summed E-state index contributed by atoms with van der Waals surface area (Å²) in [7, 11) is 8.20. The number of aliphatic hydroxyl groups excluding tert-OH is 1. The number of phenols is 1. The maximum absolute atomic E-state index is 13.2. The molecule has 0 radical (unpaired) electrons. The van der Waals surface area contributed by atoms with Gasteiger partial charge in [0.05, 0.1) is 37.4 Å². The molecule has 0 aliphatic carbocycles. The van der Waals surface area contributed by atoms with Crippen LogP contribution in [0.3, 0.4) is 0 Å². The van der Waals surface area contributed by atoms with Gasteiger partial charge in [0.2, 0.25) is 0 Å². The molecule has 1 fully saturated rings. The standard InChI is InChI=1S/C25H29BrN2O7/c1-27(2)9-6-10-28-21(15-11-16(26)23(30)19(13-15)35-5)20(24(31)25(28)32)22(29)14-7-8-17(33-3)18(12-14)34-4/h7-8,11-13,21,29-30H,6,9-10H2,1-5H3. The molecular weight excluding hydrogens is 520 g/mol. The van der Waals surface area contributed by atoms with Crippen LogP contribution in [0.2, 0.25) is 0 Å². The molecule has 0 saturated carbocycles. The van der Waals surface area contributed by atoms with Gasteiger partial charge >= 0.3 is 0 Å². The molecule has 188 valence electrons. The quantitative estimate of drug-likeness (QED) is 0.278. The molecule has 0 aromatic heterocycles. The highest BCUT2D eigenvalue weighted by molar-refractivity contribution is 9.10. The Morgan fingerprint density at radius 1 is 1.03 bits per heavy atom. The highest BCUT2D eigenvalue weighted by atomic mass is 79.9. The molecule has 1 amide bonds. The van der Waals surface area contributed by atoms with Gasteiger partial charge in [-0.05, 0) is 78.9 Å². The van der Waals surface area contributed by atoms with Crippen molar-refractivity contribution in [3.8, 4) is 23.0 Å². The highest BCUT2D eigenvalue weighted by Crippen LogP contribution is 2.44. The SMILES string of the molecule is COc1ccc(C(O)=C2C(=O)C(=O)N(CCCN(C)C)C2c2cc(Br)c(O)c(OC)c2)cc1OC. The second-order valence-electron chi connectivity index (χ2n) is 8.27. The van der Waals surface area contributed by atoms with E-state index in [2.05, 4.69) is 15.9 Å². The first-order valence-corrected chi connectivity index (χ1v) is 11.7. The van der Waals surface area contributed by atoms with Gasteiger partial charge in [-0.1, -0.05) is 0 Å². The lowest BCUT2D eigenvalue weighted by atomic mass is 9.94. The molecule has 0 bridgehead atoms. The van der Waals surface area contributed by atoms with Crippen LogP contribution in [0.5, 0.6) is 23.0 Å². The van der Waals surface area contributed by atoms with Crippen molar-refractivity contribution in [1.82, 2.24) is 9.80 Å². The van der Waals surface area contributed by atoms with E-state index in [0.29, 0.717) is 40.1 Å². The largest absolute Gasteiger partial charge is 0.507 e. The summed E-state index contributed by atoms with van der Waals surface area (Å²) in [5.41, 5.74) is 0.730. The molecule has 2 aromatic rings. The van der Waals surface area contributed by atoms with Crippen LogP contribution in [0, 0.1) is 0 Å². The average molecular weight is 549 g/mol. The van der Waals surface area contributed by atoms with E-state index < -0.39 is 17.7 Å². The number of halogens is 1. The summed E-state index contributed by atoms with van der Waals surface area (Å²) in [6.07, 6.45) is 0.614. The van der Waals surface area contributed by atoms with E-state index >= 15 is 0 Å². The number of carbonyl (C=O) groups is 2. The summed E-state index contributed by atoms with van der Waals surface area (Å²) < 4.78 is 16.2. The van der Waals surface area contributed by atoms with Gasteiger partial charge in [0, 0.05) is 12.1 Å². The van der Waals surface area contributed by atoms with E-state index in [1.165, 1.54) is 32.3 Å². The van der Waals surface area contributed by atoms with Gasteiger partial charge in [-0.25, -0.2) is 0 Å². The van der Waals surface area contributed by atoms with E-state index in [-0.39, 0.29) is 29.4 Å². The Bertz CT molecular complexity index is 1160. The number of hydrogen-bond donors (Lipinski definition) is 2. The van der Waals surface area contributed by atoms with Crippen LogP contribution in [0.25, 0.3) is 5.76 Å². The lowest BCUT2D eigenvalue weighted by Gasteiger charge is -2.26. The molecule has 2 aromatic carbocycles. The van der Waals surface area contributed by atoms with Crippen LogP contribution >= 0.6 is 15.9 Å². The number of likely N-dealkylation sites (tertiary alicyclic amines) is 1. The monoisotopic (exact) mass is 548 g/mol. The number of ketones is 1. The van der Waals surface area contributed by atoms with E-state index in [4.69, 9.17) is 14.2 Å². The number of nitrogens with zero attached hydrogens (tertiary/aromatic N) is 2. The van der Waals surface area contributed by atoms with Gasteiger partial charge in [-0.3, -0.25) is 9.59 Å². The summed E-state index contributed by atoms with van der Waals surface area (Å²) in [5.74, 6) is -0.971. The van der Waals surface area contributed by atoms with Crippen molar-refractivity contribution in [2.75, 3.05) is 48.5 Å². The number of hydrogen-bond acceptors (Lipinski definition) is 8. The minimum atomic E-state index is -0.893. The molecule has 1 atom stereocenters. The van der Waals surface area contributed by atoms with E-state index in [0.717, 1.165) is 0 Å². The van der Waals surface area contributed by atoms with Crippen molar-refractivity contribution < 1.29 is 34.0 Å². The topological polar surface area (TPSA) is 109 Å². The van der Waals surface area contributed by atoms with Crippen molar-refractivity contribution in [3.63, 3.8) is 0 Å². The number of aromatic hydroxyl groups is 1. The molecular formula is C25H29BrN2O7. The maximum Gasteiger partial charge on any atom is 0.295 e. The predicted molar refractivity (Wildman–Crippen MR) is 134 cm³/mol. The van der Waals surface area contributed by atoms with Crippen molar-refractivity contribution >= 4 is 33.4 Å². The third-order valence-corrected chi connectivity index (χ3v) is 6.39. The van der Waals surface area contributed by atoms with Crippen LogP contribution in [0.1, 0.15) is 23.6 Å². The van der Waals surface area contributed by atoms with E-state index in [9.17, 15) is 19.8 Å². The Morgan fingerprint density at radius 3 is 2.29 bits per heavy atom. The number of ether oxygens (including phenoxy) is 3. The zero-order valence-electron chi connectivity index (χ0n) is 20.3. The normalized spacial score (nSPS) is 17.2. The van der Waals surface area contributed by atoms with Crippen LogP contribution in [-0.2, 0) is 9.59 Å². The van der Waals surface area contributed by atoms with Crippen molar-refractivity contribution in [1.29, 1.82) is 0 Å². The number of benzene rings is 2. The Hall–Kier alpha value is -3.24. The molecule has 10 heteroatoms. The van der Waals surface area contributed by atoms with Crippen molar-refractivity contribution in [2.45, 2.75) is 12.5 Å². The number of Topliss-reactive ketones (excluding diaryl/α,β-unsaturated/α-hetero) is 1. The number of rotatable bonds is 9. The molecule has 9 nitrogen and oxygen atoms in total. The molecule has 35 heavy (non-hydrogen) atoms. The molecule has 1 unspecified atom stereocenters. The first kappa shape index (κ1) is 26.4. The third kappa shape index (κ3) is 5.23. The van der Waals surface area contributed by atoms with Crippen molar-refractivity contribution in [2.24, 2.45) is 0 Å². The number of amides is 1. The molecule has 2 N–H and O–H groups in total. The average Bonchev–Trinajstić information content (AvgIpc) is 3.09. The second kappa shape index (κ2) is 11.0. The molecule has 1 aliphatic heterocycles. The fourth-order valence-electron chi connectivity index (χ4n) is 4.06. The number of carbonyl (C=O) groups excluding carboxylic acids is 2. The Balaban J connectivity index is 2.20. The van der Waals surface area contributed by atoms with Crippen LogP contribution in [0.4, 0.5) is 0 Å². The van der Waals surface area contributed by atoms with Gasteiger partial charge in [0.25, 0.3) is 11.7 Å². The smallest absolute Gasteiger partial charge is 0.295 e. The minimum absolute atomic E-state index is 0.0632. The molecule has 0 spiro atoms. The van der Waals surface area contributed by atoms with E-state index in [1.807, 2.05) is 19.0 Å². The second-order valence-corrected chi connectivity index (χ2v) is 9.13. The summed E-state index contributed by atoms with van der Waals surface area (Å²) in [5, 5.41) is 21.6. The number of phenolic OH excluding ortho intramolecular Hbond substituents is 1. The number of aliphatic hydroxyl groups is 1. The molecule has 1 heterocycles. The Kier molecular flexibility index (Phi) is 8.29. The van der Waals surface area contributed by atoms with Crippen LogP contribution in [0.15, 0.2) is 40.4 Å². The Morgan fingerprint density at radius 2 is 1.69 bits per heavy atom. The fraction of sp³-hybridized carbons (Fsp3) is 0.360. The highest BCUT2D eigenvalue weighted by Gasteiger charge is 2.46. The fourth-order valence-corrected chi connectivity index (χ4v) is 4.52. The molecule has 1 saturated heterocycles. The Labute approximate surface area is 212 Å².